The molecule has 1 atom stereocenters. The molecule has 3 nitrogen and oxygen atoms in total. The average molecular weight is 227 g/mol. The van der Waals surface area contributed by atoms with Crippen LogP contribution in [0.2, 0.25) is 0 Å². The smallest absolute Gasteiger partial charge is 0.165 e. The van der Waals surface area contributed by atoms with Crippen molar-refractivity contribution in [2.24, 2.45) is 5.73 Å². The van der Waals surface area contributed by atoms with Crippen LogP contribution in [-0.4, -0.2) is 20.3 Å². The van der Waals surface area contributed by atoms with Crippen LogP contribution in [0.25, 0.3) is 0 Å². The Morgan fingerprint density at radius 1 is 1.44 bits per heavy atom. The zero-order chi connectivity index (χ0) is 12.2. The molecule has 1 aromatic rings. The van der Waals surface area contributed by atoms with Gasteiger partial charge in [0, 0.05) is 13.7 Å². The SMILES string of the molecule is CCOc1ccc(C(C)(CN)OC)cc1F. The summed E-state index contributed by atoms with van der Waals surface area (Å²) in [6.07, 6.45) is 0. The Morgan fingerprint density at radius 2 is 2.12 bits per heavy atom. The Bertz CT molecular complexity index is 351. The maximum absolute atomic E-state index is 13.6. The van der Waals surface area contributed by atoms with Crippen LogP contribution in [0.5, 0.6) is 5.75 Å². The van der Waals surface area contributed by atoms with E-state index in [1.54, 1.807) is 19.2 Å². The van der Waals surface area contributed by atoms with E-state index in [0.29, 0.717) is 12.2 Å². The lowest BCUT2D eigenvalue weighted by atomic mass is 9.95. The Labute approximate surface area is 95.4 Å². The quantitative estimate of drug-likeness (QED) is 0.837. The minimum absolute atomic E-state index is 0.252. The van der Waals surface area contributed by atoms with Crippen molar-refractivity contribution in [3.63, 3.8) is 0 Å². The lowest BCUT2D eigenvalue weighted by molar-refractivity contribution is 0.00978. The van der Waals surface area contributed by atoms with Gasteiger partial charge in [0.25, 0.3) is 0 Å². The number of rotatable bonds is 5. The number of hydrogen-bond acceptors (Lipinski definition) is 3. The second-order valence-corrected chi connectivity index (χ2v) is 3.72. The van der Waals surface area contributed by atoms with Crippen LogP contribution in [0, 0.1) is 5.82 Å². The van der Waals surface area contributed by atoms with Gasteiger partial charge in [-0.2, -0.15) is 0 Å². The van der Waals surface area contributed by atoms with E-state index in [-0.39, 0.29) is 12.3 Å². The van der Waals surface area contributed by atoms with Gasteiger partial charge in [-0.1, -0.05) is 6.07 Å². The van der Waals surface area contributed by atoms with E-state index in [9.17, 15) is 4.39 Å². The Hall–Kier alpha value is -1.13. The van der Waals surface area contributed by atoms with E-state index in [0.717, 1.165) is 0 Å². The van der Waals surface area contributed by atoms with E-state index >= 15 is 0 Å². The summed E-state index contributed by atoms with van der Waals surface area (Å²) < 4.78 is 24.0. The van der Waals surface area contributed by atoms with Crippen LogP contribution in [0.4, 0.5) is 4.39 Å². The molecule has 0 aliphatic rings. The standard InChI is InChI=1S/C12H18FNO2/c1-4-16-11-6-5-9(7-10(11)13)12(2,8-14)15-3/h5-7H,4,8,14H2,1-3H3. The molecule has 0 saturated heterocycles. The highest BCUT2D eigenvalue weighted by Crippen LogP contribution is 2.27. The van der Waals surface area contributed by atoms with Gasteiger partial charge in [0.1, 0.15) is 5.60 Å². The monoisotopic (exact) mass is 227 g/mol. The van der Waals surface area contributed by atoms with Crippen LogP contribution in [0.1, 0.15) is 19.4 Å². The largest absolute Gasteiger partial charge is 0.491 e. The summed E-state index contributed by atoms with van der Waals surface area (Å²) in [6.45, 7) is 4.36. The van der Waals surface area contributed by atoms with E-state index < -0.39 is 11.4 Å². The molecule has 0 aromatic heterocycles. The van der Waals surface area contributed by atoms with Crippen molar-refractivity contribution in [2.45, 2.75) is 19.4 Å². The molecule has 1 unspecified atom stereocenters. The van der Waals surface area contributed by atoms with E-state index in [1.165, 1.54) is 6.07 Å². The normalized spacial score (nSPS) is 14.6. The van der Waals surface area contributed by atoms with Crippen LogP contribution in [0.15, 0.2) is 18.2 Å². The van der Waals surface area contributed by atoms with E-state index in [1.807, 2.05) is 13.8 Å². The molecule has 0 aliphatic carbocycles. The van der Waals surface area contributed by atoms with Gasteiger partial charge in [0.05, 0.1) is 6.61 Å². The summed E-state index contributed by atoms with van der Waals surface area (Å²) >= 11 is 0. The second-order valence-electron chi connectivity index (χ2n) is 3.72. The fraction of sp³-hybridized carbons (Fsp3) is 0.500. The first-order valence-corrected chi connectivity index (χ1v) is 5.25. The molecular formula is C12H18FNO2. The first-order chi connectivity index (χ1) is 7.57. The van der Waals surface area contributed by atoms with Crippen LogP contribution >= 0.6 is 0 Å². The summed E-state index contributed by atoms with van der Waals surface area (Å²) in [7, 11) is 1.56. The number of halogens is 1. The van der Waals surface area contributed by atoms with Crippen LogP contribution < -0.4 is 10.5 Å². The molecule has 16 heavy (non-hydrogen) atoms. The van der Waals surface area contributed by atoms with Gasteiger partial charge in [-0.05, 0) is 31.5 Å². The zero-order valence-corrected chi connectivity index (χ0v) is 9.92. The number of ether oxygens (including phenoxy) is 2. The lowest BCUT2D eigenvalue weighted by Crippen LogP contribution is -2.33. The summed E-state index contributed by atoms with van der Waals surface area (Å²) in [5.74, 6) is -0.141. The minimum atomic E-state index is -0.661. The Kier molecular flexibility index (Phi) is 4.26. The highest BCUT2D eigenvalue weighted by atomic mass is 19.1. The molecule has 0 spiro atoms. The maximum Gasteiger partial charge on any atom is 0.165 e. The highest BCUT2D eigenvalue weighted by Gasteiger charge is 2.25. The molecule has 0 heterocycles. The number of hydrogen-bond donors (Lipinski definition) is 1. The van der Waals surface area contributed by atoms with Crippen molar-refractivity contribution >= 4 is 0 Å². The minimum Gasteiger partial charge on any atom is -0.491 e. The van der Waals surface area contributed by atoms with E-state index in [2.05, 4.69) is 0 Å². The molecule has 0 fully saturated rings. The van der Waals surface area contributed by atoms with Crippen LogP contribution in [-0.2, 0) is 10.3 Å². The third-order valence-electron chi connectivity index (χ3n) is 2.68. The number of methoxy groups -OCH3 is 1. The van der Waals surface area contributed by atoms with Crippen molar-refractivity contribution in [3.8, 4) is 5.75 Å². The third-order valence-corrected chi connectivity index (χ3v) is 2.68. The molecule has 0 bridgehead atoms. The van der Waals surface area contributed by atoms with Gasteiger partial charge in [0.2, 0.25) is 0 Å². The second kappa shape index (κ2) is 5.27. The molecule has 1 rings (SSSR count). The van der Waals surface area contributed by atoms with Crippen molar-refractivity contribution in [2.75, 3.05) is 20.3 Å². The van der Waals surface area contributed by atoms with Gasteiger partial charge in [0.15, 0.2) is 11.6 Å². The molecular weight excluding hydrogens is 209 g/mol. The topological polar surface area (TPSA) is 44.5 Å². The van der Waals surface area contributed by atoms with Crippen molar-refractivity contribution in [1.82, 2.24) is 0 Å². The maximum atomic E-state index is 13.6. The summed E-state index contributed by atoms with van der Waals surface area (Å²) in [5.41, 5.74) is 5.66. The van der Waals surface area contributed by atoms with Gasteiger partial charge < -0.3 is 15.2 Å². The first-order valence-electron chi connectivity index (χ1n) is 5.25. The summed E-state index contributed by atoms with van der Waals surface area (Å²) in [6, 6.07) is 4.77. The lowest BCUT2D eigenvalue weighted by Gasteiger charge is -2.27. The molecule has 0 radical (unpaired) electrons. The fourth-order valence-electron chi connectivity index (χ4n) is 1.42. The van der Waals surface area contributed by atoms with Gasteiger partial charge in [-0.25, -0.2) is 4.39 Å². The molecule has 0 aliphatic heterocycles. The number of benzene rings is 1. The molecule has 0 saturated carbocycles. The predicted octanol–water partition coefficient (Wildman–Crippen LogP) is 2.04. The molecule has 90 valence electrons. The summed E-state index contributed by atoms with van der Waals surface area (Å²) in [4.78, 5) is 0. The average Bonchev–Trinajstić information content (AvgIpc) is 2.31. The van der Waals surface area contributed by atoms with Crippen LogP contribution in [0.3, 0.4) is 0 Å². The van der Waals surface area contributed by atoms with Gasteiger partial charge >= 0.3 is 0 Å². The predicted molar refractivity (Wildman–Crippen MR) is 61.0 cm³/mol. The van der Waals surface area contributed by atoms with Gasteiger partial charge in [-0.15, -0.1) is 0 Å². The molecule has 2 N–H and O–H groups in total. The fourth-order valence-corrected chi connectivity index (χ4v) is 1.42. The Balaban J connectivity index is 3.04. The number of nitrogens with two attached hydrogens (primary N) is 1. The Morgan fingerprint density at radius 3 is 2.56 bits per heavy atom. The molecule has 0 amide bonds. The van der Waals surface area contributed by atoms with E-state index in [4.69, 9.17) is 15.2 Å². The molecule has 1 aromatic carbocycles. The highest BCUT2D eigenvalue weighted by molar-refractivity contribution is 5.32. The van der Waals surface area contributed by atoms with Crippen molar-refractivity contribution in [1.29, 1.82) is 0 Å². The summed E-state index contributed by atoms with van der Waals surface area (Å²) in [5, 5.41) is 0. The first kappa shape index (κ1) is 12.9. The zero-order valence-electron chi connectivity index (χ0n) is 9.92. The van der Waals surface area contributed by atoms with Crippen molar-refractivity contribution < 1.29 is 13.9 Å². The molecule has 4 heteroatoms. The van der Waals surface area contributed by atoms with Gasteiger partial charge in [-0.3, -0.25) is 0 Å². The van der Waals surface area contributed by atoms with Crippen molar-refractivity contribution in [3.05, 3.63) is 29.6 Å². The third kappa shape index (κ3) is 2.51.